The summed E-state index contributed by atoms with van der Waals surface area (Å²) in [5, 5.41) is 14.6. The Morgan fingerprint density at radius 2 is 1.45 bits per heavy atom. The molecule has 2 saturated heterocycles. The number of amides is 3. The van der Waals surface area contributed by atoms with Gasteiger partial charge in [0.2, 0.25) is 11.8 Å². The summed E-state index contributed by atoms with van der Waals surface area (Å²) in [6, 6.07) is 22.2. The van der Waals surface area contributed by atoms with Crippen LogP contribution in [-0.2, 0) is 14.3 Å². The van der Waals surface area contributed by atoms with Crippen LogP contribution in [0.5, 0.6) is 0 Å². The molecule has 12 nitrogen and oxygen atoms in total. The van der Waals surface area contributed by atoms with E-state index in [-0.39, 0.29) is 36.2 Å². The summed E-state index contributed by atoms with van der Waals surface area (Å²) in [4.78, 5) is 58.5. The predicted molar refractivity (Wildman–Crippen MR) is 210 cm³/mol. The van der Waals surface area contributed by atoms with Crippen LogP contribution in [0.3, 0.4) is 0 Å². The summed E-state index contributed by atoms with van der Waals surface area (Å²) in [6.45, 7) is 8.91. The van der Waals surface area contributed by atoms with E-state index in [0.717, 1.165) is 69.6 Å². The topological polar surface area (TPSA) is 160 Å². The Kier molecular flexibility index (Phi) is 10.7. The van der Waals surface area contributed by atoms with E-state index < -0.39 is 18.2 Å². The van der Waals surface area contributed by atoms with Gasteiger partial charge in [0.1, 0.15) is 17.7 Å². The van der Waals surface area contributed by atoms with Crippen LogP contribution < -0.4 is 5.32 Å². The maximum absolute atomic E-state index is 13.7. The number of aromatic amines is 2. The number of aromatic nitrogens is 4. The number of imidazole rings is 2. The Morgan fingerprint density at radius 1 is 0.855 bits per heavy atom. The van der Waals surface area contributed by atoms with Gasteiger partial charge in [0.25, 0.3) is 0 Å². The van der Waals surface area contributed by atoms with E-state index in [0.29, 0.717) is 24.6 Å². The highest BCUT2D eigenvalue weighted by Crippen LogP contribution is 2.37. The molecule has 0 bridgehead atoms. The molecule has 0 unspecified atom stereocenters. The second kappa shape index (κ2) is 15.8. The monoisotopic (exact) mass is 740 g/mol. The van der Waals surface area contributed by atoms with Crippen LogP contribution in [0, 0.1) is 29.1 Å². The number of nitrogens with one attached hydrogen (secondary N) is 3. The van der Waals surface area contributed by atoms with Crippen molar-refractivity contribution in [2.75, 3.05) is 20.2 Å². The Morgan fingerprint density at radius 3 is 2.09 bits per heavy atom. The third kappa shape index (κ3) is 7.83. The highest BCUT2D eigenvalue weighted by Gasteiger charge is 2.41. The number of ether oxygens (including phenoxy) is 1. The molecule has 0 radical (unpaired) electrons. The first-order chi connectivity index (χ1) is 26.5. The summed E-state index contributed by atoms with van der Waals surface area (Å²) < 4.78 is 4.75. The van der Waals surface area contributed by atoms with Crippen molar-refractivity contribution in [3.8, 4) is 39.7 Å². The molecule has 4 heterocycles. The van der Waals surface area contributed by atoms with Crippen LogP contribution in [0.2, 0.25) is 0 Å². The van der Waals surface area contributed by atoms with Crippen molar-refractivity contribution in [1.29, 1.82) is 5.26 Å². The fourth-order valence-electron chi connectivity index (χ4n) is 7.87. The SMILES string of the molecule is COC(=O)N[C@H](C(=O)N1C[C@H](C#N)C[C@H]1c1ncc(-c2ccc(-c3ccc4cc(-c5cnc([C@@H]6CCCN6C(=O)CC(C)C)[nH]5)ccc4c3)cc2)[nH]1)C(C)C. The Balaban J connectivity index is 1.05. The van der Waals surface area contributed by atoms with Crippen molar-refractivity contribution >= 4 is 28.7 Å². The maximum Gasteiger partial charge on any atom is 0.407 e. The Labute approximate surface area is 321 Å². The van der Waals surface area contributed by atoms with Gasteiger partial charge in [0.15, 0.2) is 0 Å². The van der Waals surface area contributed by atoms with Crippen molar-refractivity contribution in [2.45, 2.75) is 71.5 Å². The van der Waals surface area contributed by atoms with E-state index >= 15 is 0 Å². The first-order valence-electron chi connectivity index (χ1n) is 19.1. The molecule has 3 amide bonds. The molecule has 284 valence electrons. The lowest BCUT2D eigenvalue weighted by molar-refractivity contribution is -0.135. The molecule has 3 N–H and O–H groups in total. The number of carbonyl (C=O) groups excluding carboxylic acids is 3. The molecule has 0 aliphatic carbocycles. The van der Waals surface area contributed by atoms with E-state index in [9.17, 15) is 19.6 Å². The standard InChI is InChI=1S/C43H48N8O4/c1-25(2)17-38(52)50-16-6-7-36(50)40-45-23-35(48-40)33-15-14-31-19-30(12-13-32(31)20-33)28-8-10-29(11-9-28)34-22-46-41(47-34)37-18-27(21-44)24-51(37)42(53)39(26(3)4)49-43(54)55-5/h8-15,19-20,22-23,25-27,36-37,39H,6-7,16-18,24H2,1-5H3,(H,45,48)(H,46,47)(H,49,54)/t27-,36-,37-,39-/m0/s1. The molecule has 2 fully saturated rings. The highest BCUT2D eigenvalue weighted by atomic mass is 16.5. The van der Waals surface area contributed by atoms with Gasteiger partial charge in [-0.05, 0) is 70.7 Å². The average molecular weight is 741 g/mol. The molecule has 0 spiro atoms. The third-order valence-electron chi connectivity index (χ3n) is 10.8. The van der Waals surface area contributed by atoms with Crippen molar-refractivity contribution in [3.05, 3.63) is 84.7 Å². The van der Waals surface area contributed by atoms with Crippen LogP contribution in [-0.4, -0.2) is 73.9 Å². The zero-order valence-corrected chi connectivity index (χ0v) is 32.0. The van der Waals surface area contributed by atoms with E-state index in [1.54, 1.807) is 11.1 Å². The number of hydrogen-bond acceptors (Lipinski definition) is 7. The Bertz CT molecular complexity index is 2230. The lowest BCUT2D eigenvalue weighted by atomic mass is 9.98. The zero-order valence-electron chi connectivity index (χ0n) is 32.0. The van der Waals surface area contributed by atoms with Gasteiger partial charge in [0, 0.05) is 25.1 Å². The summed E-state index contributed by atoms with van der Waals surface area (Å²) in [7, 11) is 1.26. The molecule has 2 aliphatic rings. The quantitative estimate of drug-likeness (QED) is 0.132. The molecule has 5 aromatic rings. The molecule has 0 saturated carbocycles. The van der Waals surface area contributed by atoms with Crippen molar-refractivity contribution in [3.63, 3.8) is 0 Å². The number of alkyl carbamates (subject to hydrolysis) is 1. The maximum atomic E-state index is 13.7. The second-order valence-corrected chi connectivity index (χ2v) is 15.5. The normalized spacial score (nSPS) is 18.9. The summed E-state index contributed by atoms with van der Waals surface area (Å²) in [6.07, 6.45) is 5.87. The minimum Gasteiger partial charge on any atom is -0.453 e. The number of methoxy groups -OCH3 is 1. The molecule has 3 aromatic carbocycles. The highest BCUT2D eigenvalue weighted by molar-refractivity contribution is 5.91. The van der Waals surface area contributed by atoms with E-state index in [1.807, 2.05) is 37.1 Å². The minimum atomic E-state index is -0.794. The Hall–Kier alpha value is -5.96. The van der Waals surface area contributed by atoms with E-state index in [2.05, 4.69) is 88.7 Å². The first-order valence-corrected chi connectivity index (χ1v) is 19.1. The second-order valence-electron chi connectivity index (χ2n) is 15.5. The smallest absolute Gasteiger partial charge is 0.407 e. The van der Waals surface area contributed by atoms with Crippen molar-refractivity contribution in [2.24, 2.45) is 17.8 Å². The number of fused-ring (bicyclic) bond motifs is 1. The third-order valence-corrected chi connectivity index (χ3v) is 10.8. The van der Waals surface area contributed by atoms with Gasteiger partial charge in [-0.15, -0.1) is 0 Å². The van der Waals surface area contributed by atoms with E-state index in [4.69, 9.17) is 9.72 Å². The molecular formula is C43H48N8O4. The van der Waals surface area contributed by atoms with E-state index in [1.165, 1.54) is 7.11 Å². The first kappa shape index (κ1) is 37.4. The van der Waals surface area contributed by atoms with Gasteiger partial charge in [-0.25, -0.2) is 14.8 Å². The van der Waals surface area contributed by atoms with Gasteiger partial charge in [-0.3, -0.25) is 9.59 Å². The number of carbonyl (C=O) groups is 3. The number of H-pyrrole nitrogens is 2. The molecule has 2 aromatic heterocycles. The number of nitrogens with zero attached hydrogens (tertiary/aromatic N) is 5. The number of likely N-dealkylation sites (tertiary alicyclic amines) is 2. The van der Waals surface area contributed by atoms with Crippen LogP contribution in [0.15, 0.2) is 73.1 Å². The van der Waals surface area contributed by atoms with Gasteiger partial charge in [-0.1, -0.05) is 76.2 Å². The number of rotatable bonds is 10. The van der Waals surface area contributed by atoms with Crippen LogP contribution in [0.4, 0.5) is 4.79 Å². The average Bonchev–Trinajstić information content (AvgIpc) is 4.02. The lowest BCUT2D eigenvalue weighted by Crippen LogP contribution is -2.51. The number of nitriles is 1. The summed E-state index contributed by atoms with van der Waals surface area (Å²) in [5.41, 5.74) is 5.90. The van der Waals surface area contributed by atoms with Crippen LogP contribution in [0.1, 0.15) is 77.1 Å². The van der Waals surface area contributed by atoms with Gasteiger partial charge < -0.3 is 29.8 Å². The molecule has 55 heavy (non-hydrogen) atoms. The van der Waals surface area contributed by atoms with Gasteiger partial charge in [0.05, 0.1) is 55.0 Å². The van der Waals surface area contributed by atoms with Crippen molar-refractivity contribution < 1.29 is 19.1 Å². The molecular weight excluding hydrogens is 693 g/mol. The molecule has 7 rings (SSSR count). The summed E-state index contributed by atoms with van der Waals surface area (Å²) in [5.74, 6) is 1.18. The fourth-order valence-corrected chi connectivity index (χ4v) is 7.87. The van der Waals surface area contributed by atoms with Gasteiger partial charge in [-0.2, -0.15) is 5.26 Å². The zero-order chi connectivity index (χ0) is 38.8. The lowest BCUT2D eigenvalue weighted by Gasteiger charge is -2.29. The molecule has 4 atom stereocenters. The minimum absolute atomic E-state index is 0.00363. The van der Waals surface area contributed by atoms with Gasteiger partial charge >= 0.3 is 6.09 Å². The molecule has 2 aliphatic heterocycles. The number of hydrogen-bond donors (Lipinski definition) is 3. The summed E-state index contributed by atoms with van der Waals surface area (Å²) >= 11 is 0. The fraction of sp³-hybridized carbons (Fsp3) is 0.395. The largest absolute Gasteiger partial charge is 0.453 e. The van der Waals surface area contributed by atoms with Crippen LogP contribution in [0.25, 0.3) is 44.4 Å². The molecule has 12 heteroatoms. The van der Waals surface area contributed by atoms with Crippen LogP contribution >= 0.6 is 0 Å². The predicted octanol–water partition coefficient (Wildman–Crippen LogP) is 7.79. The number of benzene rings is 3. The van der Waals surface area contributed by atoms with Crippen molar-refractivity contribution in [1.82, 2.24) is 35.1 Å².